The van der Waals surface area contributed by atoms with Crippen molar-refractivity contribution in [1.29, 1.82) is 0 Å². The molecule has 18 heavy (non-hydrogen) atoms. The summed E-state index contributed by atoms with van der Waals surface area (Å²) in [4.78, 5) is 14.2. The third kappa shape index (κ3) is 3.43. The highest BCUT2D eigenvalue weighted by molar-refractivity contribution is 5.81. The lowest BCUT2D eigenvalue weighted by Crippen LogP contribution is -2.44. The summed E-state index contributed by atoms with van der Waals surface area (Å²) >= 11 is 0. The predicted octanol–water partition coefficient (Wildman–Crippen LogP) is -0.0509. The first-order valence-corrected chi connectivity index (χ1v) is 6.91. The third-order valence-electron chi connectivity index (χ3n) is 3.98. The fourth-order valence-electron chi connectivity index (χ4n) is 2.64. The number of carbonyl (C=O) groups excluding carboxylic acids is 1. The first kappa shape index (κ1) is 13.8. The molecule has 3 atom stereocenters. The Morgan fingerprint density at radius 2 is 2.11 bits per heavy atom. The molecule has 2 rings (SSSR count). The van der Waals surface area contributed by atoms with E-state index < -0.39 is 0 Å². The lowest BCUT2D eigenvalue weighted by molar-refractivity contribution is -0.132. The molecule has 1 aliphatic carbocycles. The van der Waals surface area contributed by atoms with Gasteiger partial charge >= 0.3 is 0 Å². The Morgan fingerprint density at radius 3 is 2.61 bits per heavy atom. The molecule has 1 saturated heterocycles. The molecular formula is C13H25N3O2. The Bertz CT molecular complexity index is 290. The Kier molecular flexibility index (Phi) is 4.59. The van der Waals surface area contributed by atoms with Crippen molar-refractivity contribution >= 4 is 5.91 Å². The van der Waals surface area contributed by atoms with Crippen molar-refractivity contribution in [3.8, 4) is 0 Å². The van der Waals surface area contributed by atoms with E-state index in [0.717, 1.165) is 25.3 Å². The number of carbonyl (C=O) groups is 1. The van der Waals surface area contributed by atoms with E-state index in [4.69, 9.17) is 10.5 Å². The average molecular weight is 255 g/mol. The molecule has 5 heteroatoms. The second-order valence-corrected chi connectivity index (χ2v) is 5.67. The number of nitrogens with zero attached hydrogens (tertiary/aromatic N) is 1. The summed E-state index contributed by atoms with van der Waals surface area (Å²) in [6.45, 7) is 1.23. The van der Waals surface area contributed by atoms with Gasteiger partial charge in [0, 0.05) is 19.1 Å². The molecule has 0 aromatic carbocycles. The molecule has 2 fully saturated rings. The number of rotatable bonds is 6. The summed E-state index contributed by atoms with van der Waals surface area (Å²) in [5, 5.41) is 3.03. The highest BCUT2D eigenvalue weighted by atomic mass is 16.5. The summed E-state index contributed by atoms with van der Waals surface area (Å²) in [6, 6.07) is 0.459. The Hall–Kier alpha value is -0.650. The lowest BCUT2D eigenvalue weighted by atomic mass is 10.1. The molecule has 1 aliphatic heterocycles. The topological polar surface area (TPSA) is 67.6 Å². The van der Waals surface area contributed by atoms with Crippen molar-refractivity contribution in [2.45, 2.75) is 43.9 Å². The maximum atomic E-state index is 12.0. The number of amides is 1. The Balaban J connectivity index is 1.74. The maximum Gasteiger partial charge on any atom is 0.249 e. The van der Waals surface area contributed by atoms with Crippen molar-refractivity contribution in [2.75, 3.05) is 27.2 Å². The van der Waals surface area contributed by atoms with E-state index in [2.05, 4.69) is 24.3 Å². The maximum absolute atomic E-state index is 12.0. The molecule has 0 aromatic rings. The third-order valence-corrected chi connectivity index (χ3v) is 3.98. The Labute approximate surface area is 109 Å². The second-order valence-electron chi connectivity index (χ2n) is 5.67. The molecule has 1 unspecified atom stereocenters. The van der Waals surface area contributed by atoms with E-state index in [1.165, 1.54) is 12.8 Å². The van der Waals surface area contributed by atoms with Crippen LogP contribution >= 0.6 is 0 Å². The minimum atomic E-state index is -0.291. The first-order valence-electron chi connectivity index (χ1n) is 6.91. The zero-order valence-electron chi connectivity index (χ0n) is 11.4. The number of hydrogen-bond acceptors (Lipinski definition) is 4. The summed E-state index contributed by atoms with van der Waals surface area (Å²) in [7, 11) is 4.15. The van der Waals surface area contributed by atoms with Crippen LogP contribution in [0.3, 0.4) is 0 Å². The zero-order chi connectivity index (χ0) is 13.1. The van der Waals surface area contributed by atoms with Crippen LogP contribution in [0, 0.1) is 5.92 Å². The van der Waals surface area contributed by atoms with Crippen molar-refractivity contribution in [2.24, 2.45) is 11.7 Å². The minimum absolute atomic E-state index is 0.0263. The van der Waals surface area contributed by atoms with Gasteiger partial charge in [0.2, 0.25) is 5.91 Å². The van der Waals surface area contributed by atoms with Gasteiger partial charge in [0.15, 0.2) is 0 Å². The Morgan fingerprint density at radius 1 is 1.39 bits per heavy atom. The average Bonchev–Trinajstić information content (AvgIpc) is 3.05. The molecule has 0 aromatic heterocycles. The molecule has 5 nitrogen and oxygen atoms in total. The number of likely N-dealkylation sites (N-methyl/N-ethyl adjacent to an activating group) is 1. The van der Waals surface area contributed by atoms with Gasteiger partial charge in [-0.15, -0.1) is 0 Å². The normalized spacial score (nSPS) is 29.6. The number of ether oxygens (including phenoxy) is 1. The van der Waals surface area contributed by atoms with Gasteiger partial charge in [-0.2, -0.15) is 0 Å². The monoisotopic (exact) mass is 255 g/mol. The van der Waals surface area contributed by atoms with Crippen LogP contribution in [-0.4, -0.2) is 56.2 Å². The SMILES string of the molecule is CN(C)C(CNC(=O)[C@@H]1CC[C@H](CN)O1)C1CC1. The van der Waals surface area contributed by atoms with Crippen LogP contribution in [0.5, 0.6) is 0 Å². The highest BCUT2D eigenvalue weighted by Crippen LogP contribution is 2.34. The van der Waals surface area contributed by atoms with Crippen LogP contribution in [-0.2, 0) is 9.53 Å². The second kappa shape index (κ2) is 5.99. The molecule has 104 valence electrons. The van der Waals surface area contributed by atoms with Crippen molar-refractivity contribution in [3.05, 3.63) is 0 Å². The van der Waals surface area contributed by atoms with E-state index in [9.17, 15) is 4.79 Å². The van der Waals surface area contributed by atoms with Crippen molar-refractivity contribution < 1.29 is 9.53 Å². The van der Waals surface area contributed by atoms with Crippen LogP contribution < -0.4 is 11.1 Å². The molecule has 0 bridgehead atoms. The van der Waals surface area contributed by atoms with Crippen LogP contribution in [0.15, 0.2) is 0 Å². The van der Waals surface area contributed by atoms with E-state index >= 15 is 0 Å². The molecule has 3 N–H and O–H groups in total. The molecule has 1 heterocycles. The highest BCUT2D eigenvalue weighted by Gasteiger charge is 2.34. The quantitative estimate of drug-likeness (QED) is 0.698. The van der Waals surface area contributed by atoms with Gasteiger partial charge < -0.3 is 20.7 Å². The molecule has 1 amide bonds. The zero-order valence-corrected chi connectivity index (χ0v) is 11.4. The minimum Gasteiger partial charge on any atom is -0.364 e. The van der Waals surface area contributed by atoms with Crippen molar-refractivity contribution in [3.63, 3.8) is 0 Å². The first-order chi connectivity index (χ1) is 8.61. The summed E-state index contributed by atoms with van der Waals surface area (Å²) in [5.41, 5.74) is 5.54. The standard InChI is InChI=1S/C13H25N3O2/c1-16(2)11(9-3-4-9)8-15-13(17)12-6-5-10(7-14)18-12/h9-12H,3-8,14H2,1-2H3,(H,15,17)/t10-,11?,12+/m1/s1. The van der Waals surface area contributed by atoms with Crippen LogP contribution in [0.25, 0.3) is 0 Å². The van der Waals surface area contributed by atoms with Crippen molar-refractivity contribution in [1.82, 2.24) is 10.2 Å². The van der Waals surface area contributed by atoms with Crippen LogP contribution in [0.4, 0.5) is 0 Å². The lowest BCUT2D eigenvalue weighted by Gasteiger charge is -2.25. The van der Waals surface area contributed by atoms with Gasteiger partial charge in [0.05, 0.1) is 6.10 Å². The fraction of sp³-hybridized carbons (Fsp3) is 0.923. The van der Waals surface area contributed by atoms with E-state index in [1.54, 1.807) is 0 Å². The number of hydrogen-bond donors (Lipinski definition) is 2. The fourth-order valence-corrected chi connectivity index (χ4v) is 2.64. The van der Waals surface area contributed by atoms with Crippen LogP contribution in [0.2, 0.25) is 0 Å². The van der Waals surface area contributed by atoms with Crippen LogP contribution in [0.1, 0.15) is 25.7 Å². The van der Waals surface area contributed by atoms with Gasteiger partial charge in [-0.05, 0) is 45.7 Å². The summed E-state index contributed by atoms with van der Waals surface area (Å²) in [5.74, 6) is 0.778. The summed E-state index contributed by atoms with van der Waals surface area (Å²) < 4.78 is 5.59. The predicted molar refractivity (Wildman–Crippen MR) is 70.2 cm³/mol. The summed E-state index contributed by atoms with van der Waals surface area (Å²) in [6.07, 6.45) is 4.04. The largest absolute Gasteiger partial charge is 0.364 e. The molecule has 1 saturated carbocycles. The van der Waals surface area contributed by atoms with E-state index in [-0.39, 0.29) is 18.1 Å². The van der Waals surface area contributed by atoms with Gasteiger partial charge in [-0.3, -0.25) is 4.79 Å². The smallest absolute Gasteiger partial charge is 0.249 e. The van der Waals surface area contributed by atoms with E-state index in [0.29, 0.717) is 12.6 Å². The molecule has 2 aliphatic rings. The van der Waals surface area contributed by atoms with Gasteiger partial charge in [0.25, 0.3) is 0 Å². The molecule has 0 radical (unpaired) electrons. The number of nitrogens with one attached hydrogen (secondary N) is 1. The van der Waals surface area contributed by atoms with Gasteiger partial charge in [0.1, 0.15) is 6.10 Å². The van der Waals surface area contributed by atoms with Gasteiger partial charge in [-0.1, -0.05) is 0 Å². The number of nitrogens with two attached hydrogens (primary N) is 1. The van der Waals surface area contributed by atoms with E-state index in [1.807, 2.05) is 0 Å². The molecular weight excluding hydrogens is 230 g/mol. The molecule has 0 spiro atoms. The van der Waals surface area contributed by atoms with Gasteiger partial charge in [-0.25, -0.2) is 0 Å².